The van der Waals surface area contributed by atoms with Gasteiger partial charge in [-0.3, -0.25) is 14.2 Å². The molecule has 0 unspecified atom stereocenters. The molecule has 10 heteroatoms. The number of halogens is 3. The number of carbonyl (C=O) groups is 1. The lowest BCUT2D eigenvalue weighted by Gasteiger charge is -2.53. The van der Waals surface area contributed by atoms with Crippen LogP contribution in [0.1, 0.15) is 48.9 Å². The first kappa shape index (κ1) is 23.6. The van der Waals surface area contributed by atoms with Crippen LogP contribution in [-0.4, -0.2) is 37.1 Å². The predicted octanol–water partition coefficient (Wildman–Crippen LogP) is 5.04. The average Bonchev–Trinajstić information content (AvgIpc) is 3.55. The van der Waals surface area contributed by atoms with Gasteiger partial charge in [-0.1, -0.05) is 12.1 Å². The number of hydrogen-bond donors (Lipinski definition) is 2. The second-order valence-electron chi connectivity index (χ2n) is 10.5. The molecule has 0 aliphatic heterocycles. The summed E-state index contributed by atoms with van der Waals surface area (Å²) < 4.78 is 45.4. The van der Waals surface area contributed by atoms with Crippen molar-refractivity contribution >= 4 is 16.8 Å². The molecule has 2 aromatic carbocycles. The van der Waals surface area contributed by atoms with E-state index in [1.807, 2.05) is 19.4 Å². The van der Waals surface area contributed by atoms with Crippen molar-refractivity contribution in [3.8, 4) is 16.9 Å². The smallest absolute Gasteiger partial charge is 0.254 e. The number of aryl methyl sites for hydroxylation is 1. The third-order valence-electron chi connectivity index (χ3n) is 8.40. The standard InChI is InChI=1S/C27H26F3N5O2/c1-34-13-18(12-32-34)16-2-3-17-14-35(33-21(17)10-16)27-7-4-26(5-8-27,6-9-27)15-31-25(37)19-11-20(28)24(36)23(30)22(19)29/h2-3,10-14,36H,4-9,15H2,1H3,(H,31,37). The van der Waals surface area contributed by atoms with Crippen LogP contribution in [0.3, 0.4) is 0 Å². The van der Waals surface area contributed by atoms with Crippen molar-refractivity contribution in [1.29, 1.82) is 0 Å². The van der Waals surface area contributed by atoms with Crippen molar-refractivity contribution in [3.05, 3.63) is 65.9 Å². The molecule has 3 aliphatic carbocycles. The lowest BCUT2D eigenvalue weighted by Crippen LogP contribution is -2.51. The molecule has 0 saturated heterocycles. The SMILES string of the molecule is Cn1cc(-c2ccc3cn(C45CCC(CNC(=O)c6cc(F)c(O)c(F)c6F)(CC4)CC5)nc3c2)cn1. The monoisotopic (exact) mass is 509 g/mol. The molecule has 2 aromatic heterocycles. The van der Waals surface area contributed by atoms with E-state index >= 15 is 0 Å². The molecule has 7 rings (SSSR count). The zero-order chi connectivity index (χ0) is 25.9. The second-order valence-corrected chi connectivity index (χ2v) is 10.5. The van der Waals surface area contributed by atoms with E-state index in [-0.39, 0.29) is 11.0 Å². The number of nitrogens with zero attached hydrogens (tertiary/aromatic N) is 4. The van der Waals surface area contributed by atoms with Crippen LogP contribution in [0.2, 0.25) is 0 Å². The summed E-state index contributed by atoms with van der Waals surface area (Å²) in [5.41, 5.74) is 2.04. The number of hydrogen-bond acceptors (Lipinski definition) is 4. The lowest BCUT2D eigenvalue weighted by molar-refractivity contribution is -0.00564. The summed E-state index contributed by atoms with van der Waals surface area (Å²) in [7, 11) is 1.89. The van der Waals surface area contributed by atoms with Gasteiger partial charge in [-0.2, -0.15) is 14.6 Å². The highest BCUT2D eigenvalue weighted by Gasteiger charge is 2.50. The number of benzene rings is 2. The molecular weight excluding hydrogens is 483 g/mol. The van der Waals surface area contributed by atoms with Crippen LogP contribution in [0.4, 0.5) is 13.2 Å². The number of phenolic OH excluding ortho intramolecular Hbond substituents is 1. The number of fused-ring (bicyclic) bond motifs is 4. The highest BCUT2D eigenvalue weighted by molar-refractivity contribution is 5.94. The van der Waals surface area contributed by atoms with Crippen LogP contribution in [0, 0.1) is 22.9 Å². The summed E-state index contributed by atoms with van der Waals surface area (Å²) in [6, 6.07) is 6.76. The Kier molecular flexibility index (Phi) is 5.32. The quantitative estimate of drug-likeness (QED) is 0.369. The van der Waals surface area contributed by atoms with Crippen molar-refractivity contribution in [1.82, 2.24) is 24.9 Å². The van der Waals surface area contributed by atoms with Crippen LogP contribution in [-0.2, 0) is 12.6 Å². The van der Waals surface area contributed by atoms with Gasteiger partial charge >= 0.3 is 0 Å². The second kappa shape index (κ2) is 8.36. The van der Waals surface area contributed by atoms with E-state index in [2.05, 4.69) is 39.5 Å². The van der Waals surface area contributed by atoms with Gasteiger partial charge in [0.25, 0.3) is 5.91 Å². The Morgan fingerprint density at radius 3 is 2.43 bits per heavy atom. The van der Waals surface area contributed by atoms with Crippen LogP contribution in [0.5, 0.6) is 5.75 Å². The molecule has 4 aromatic rings. The van der Waals surface area contributed by atoms with E-state index in [1.165, 1.54) is 0 Å². The number of rotatable bonds is 5. The minimum atomic E-state index is -1.76. The fraction of sp³-hybridized carbons (Fsp3) is 0.370. The maximum atomic E-state index is 14.1. The van der Waals surface area contributed by atoms with Gasteiger partial charge in [0.05, 0.1) is 22.8 Å². The molecule has 3 saturated carbocycles. The van der Waals surface area contributed by atoms with Gasteiger partial charge in [-0.05, 0) is 61.6 Å². The molecule has 2 bridgehead atoms. The van der Waals surface area contributed by atoms with Crippen molar-refractivity contribution < 1.29 is 23.1 Å². The molecule has 192 valence electrons. The van der Waals surface area contributed by atoms with Crippen LogP contribution >= 0.6 is 0 Å². The van der Waals surface area contributed by atoms with Crippen LogP contribution in [0.15, 0.2) is 42.9 Å². The minimum absolute atomic E-state index is 0.0887. The number of nitrogens with one attached hydrogen (secondary N) is 1. The summed E-state index contributed by atoms with van der Waals surface area (Å²) in [5, 5.41) is 22.2. The van der Waals surface area contributed by atoms with Gasteiger partial charge in [-0.25, -0.2) is 8.78 Å². The average molecular weight is 510 g/mol. The summed E-state index contributed by atoms with van der Waals surface area (Å²) in [5.74, 6) is -7.01. The fourth-order valence-corrected chi connectivity index (χ4v) is 5.98. The van der Waals surface area contributed by atoms with E-state index in [4.69, 9.17) is 5.10 Å². The normalized spacial score (nSPS) is 23.0. The van der Waals surface area contributed by atoms with Crippen molar-refractivity contribution in [2.24, 2.45) is 12.5 Å². The Morgan fingerprint density at radius 2 is 1.76 bits per heavy atom. The topological polar surface area (TPSA) is 85.0 Å². The molecule has 2 heterocycles. The van der Waals surface area contributed by atoms with E-state index in [0.29, 0.717) is 12.6 Å². The molecule has 1 amide bonds. The van der Waals surface area contributed by atoms with Gasteiger partial charge in [0.1, 0.15) is 0 Å². The van der Waals surface area contributed by atoms with Gasteiger partial charge in [0.2, 0.25) is 5.82 Å². The molecule has 7 nitrogen and oxygen atoms in total. The highest BCUT2D eigenvalue weighted by Crippen LogP contribution is 2.55. The Labute approximate surface area is 210 Å². The first-order chi connectivity index (χ1) is 17.7. The van der Waals surface area contributed by atoms with E-state index in [1.54, 1.807) is 4.68 Å². The molecule has 3 fully saturated rings. The van der Waals surface area contributed by atoms with Gasteiger partial charge in [0, 0.05) is 36.9 Å². The third-order valence-corrected chi connectivity index (χ3v) is 8.40. The first-order valence-electron chi connectivity index (χ1n) is 12.3. The highest BCUT2D eigenvalue weighted by atomic mass is 19.2. The predicted molar refractivity (Wildman–Crippen MR) is 130 cm³/mol. The Balaban J connectivity index is 1.16. The number of aromatic nitrogens is 4. The Hall–Kier alpha value is -3.82. The van der Waals surface area contributed by atoms with E-state index < -0.39 is 34.7 Å². The van der Waals surface area contributed by atoms with Crippen molar-refractivity contribution in [3.63, 3.8) is 0 Å². The Bertz CT molecular complexity index is 1520. The molecule has 0 radical (unpaired) electrons. The molecule has 2 N–H and O–H groups in total. The van der Waals surface area contributed by atoms with Crippen molar-refractivity contribution in [2.45, 2.75) is 44.1 Å². The maximum absolute atomic E-state index is 14.1. The zero-order valence-corrected chi connectivity index (χ0v) is 20.3. The van der Waals surface area contributed by atoms with E-state index in [9.17, 15) is 23.1 Å². The van der Waals surface area contributed by atoms with Crippen LogP contribution < -0.4 is 5.32 Å². The summed E-state index contributed by atoms with van der Waals surface area (Å²) in [4.78, 5) is 12.5. The van der Waals surface area contributed by atoms with Gasteiger partial charge < -0.3 is 10.4 Å². The van der Waals surface area contributed by atoms with Crippen molar-refractivity contribution in [2.75, 3.05) is 6.54 Å². The van der Waals surface area contributed by atoms with Gasteiger partial charge in [-0.15, -0.1) is 0 Å². The zero-order valence-electron chi connectivity index (χ0n) is 20.3. The number of aromatic hydroxyl groups is 1. The summed E-state index contributed by atoms with van der Waals surface area (Å²) in [6.45, 7) is 0.293. The number of carbonyl (C=O) groups excluding carboxylic acids is 1. The number of amides is 1. The third kappa shape index (κ3) is 3.86. The fourth-order valence-electron chi connectivity index (χ4n) is 5.98. The van der Waals surface area contributed by atoms with Gasteiger partial charge in [0.15, 0.2) is 17.4 Å². The Morgan fingerprint density at radius 1 is 1.03 bits per heavy atom. The van der Waals surface area contributed by atoms with Crippen LogP contribution in [0.25, 0.3) is 22.0 Å². The number of phenols is 1. The lowest BCUT2D eigenvalue weighted by atomic mass is 9.57. The summed E-state index contributed by atoms with van der Waals surface area (Å²) >= 11 is 0. The minimum Gasteiger partial charge on any atom is -0.503 e. The largest absolute Gasteiger partial charge is 0.503 e. The molecule has 37 heavy (non-hydrogen) atoms. The molecule has 3 aliphatic rings. The molecule has 0 atom stereocenters. The first-order valence-corrected chi connectivity index (χ1v) is 12.3. The van der Waals surface area contributed by atoms with E-state index in [0.717, 1.165) is 60.6 Å². The molecule has 0 spiro atoms. The maximum Gasteiger partial charge on any atom is 0.254 e. The molecular formula is C27H26F3N5O2. The summed E-state index contributed by atoms with van der Waals surface area (Å²) in [6.07, 6.45) is 11.2.